The van der Waals surface area contributed by atoms with Crippen molar-refractivity contribution in [3.63, 3.8) is 0 Å². The van der Waals surface area contributed by atoms with Crippen molar-refractivity contribution in [3.8, 4) is 0 Å². The summed E-state index contributed by atoms with van der Waals surface area (Å²) in [4.78, 5) is 14.8. The van der Waals surface area contributed by atoms with Gasteiger partial charge in [-0.1, -0.05) is 6.07 Å². The molecule has 124 valence electrons. The summed E-state index contributed by atoms with van der Waals surface area (Å²) in [6.45, 7) is 1.34. The number of nitrogens with one attached hydrogen (secondary N) is 1. The van der Waals surface area contributed by atoms with E-state index in [2.05, 4.69) is 48.9 Å². The van der Waals surface area contributed by atoms with E-state index < -0.39 is 0 Å². The fourth-order valence-electron chi connectivity index (χ4n) is 3.45. The summed E-state index contributed by atoms with van der Waals surface area (Å²) in [5, 5.41) is 3.00. The normalized spacial score (nSPS) is 18.3. The largest absolute Gasteiger partial charge is 0.353 e. The highest BCUT2D eigenvalue weighted by Gasteiger charge is 2.29. The molecular weight excluding hydrogens is 322 g/mol. The van der Waals surface area contributed by atoms with Gasteiger partial charge in [-0.25, -0.2) is 0 Å². The topological polar surface area (TPSA) is 63.1 Å². The summed E-state index contributed by atoms with van der Waals surface area (Å²) in [6, 6.07) is 10.2. The molecule has 24 heavy (non-hydrogen) atoms. The number of rotatable bonds is 4. The maximum absolute atomic E-state index is 12.5. The minimum absolute atomic E-state index is 0.00314. The second-order valence-electron chi connectivity index (χ2n) is 6.16. The maximum atomic E-state index is 12.5. The number of hydrogen-bond donors (Lipinski definition) is 1. The predicted molar refractivity (Wildman–Crippen MR) is 95.0 cm³/mol. The average Bonchev–Trinajstić information content (AvgIpc) is 3.27. The minimum Gasteiger partial charge on any atom is -0.353 e. The van der Waals surface area contributed by atoms with Gasteiger partial charge >= 0.3 is 0 Å². The molecule has 1 atom stereocenters. The van der Waals surface area contributed by atoms with Crippen molar-refractivity contribution in [1.29, 1.82) is 0 Å². The monoisotopic (exact) mass is 341 g/mol. The summed E-state index contributed by atoms with van der Waals surface area (Å²) >= 11 is 1.16. The Morgan fingerprint density at radius 2 is 2.25 bits per heavy atom. The van der Waals surface area contributed by atoms with Crippen LogP contribution in [-0.2, 0) is 11.8 Å². The lowest BCUT2D eigenvalue weighted by atomic mass is 10.1. The molecule has 0 spiro atoms. The van der Waals surface area contributed by atoms with Crippen LogP contribution < -0.4 is 5.32 Å². The number of anilines is 1. The van der Waals surface area contributed by atoms with E-state index in [4.69, 9.17) is 0 Å². The zero-order valence-corrected chi connectivity index (χ0v) is 14.3. The lowest BCUT2D eigenvalue weighted by Gasteiger charge is -2.24. The van der Waals surface area contributed by atoms with Crippen LogP contribution in [0.4, 0.5) is 5.69 Å². The zero-order chi connectivity index (χ0) is 16.5. The van der Waals surface area contributed by atoms with Gasteiger partial charge in [0.25, 0.3) is 0 Å². The quantitative estimate of drug-likeness (QED) is 0.793. The predicted octanol–water partition coefficient (Wildman–Crippen LogP) is 2.81. The first-order valence-corrected chi connectivity index (χ1v) is 8.82. The van der Waals surface area contributed by atoms with Crippen LogP contribution in [0.25, 0.3) is 11.0 Å². The third kappa shape index (κ3) is 2.81. The molecule has 1 aliphatic rings. The van der Waals surface area contributed by atoms with Crippen molar-refractivity contribution < 1.29 is 4.79 Å². The molecule has 1 aromatic carbocycles. The van der Waals surface area contributed by atoms with Gasteiger partial charge in [-0.05, 0) is 43.7 Å². The standard InChI is InChI=1S/C17H19N5OS/c1-21-9-3-7-14(21)15-8-4-10-22(15)11-16(23)18-12-5-2-6-13-17(12)20-24-19-13/h2-3,5-7,9,15H,4,8,10-11H2,1H3,(H,18,23). The number of aromatic nitrogens is 3. The van der Waals surface area contributed by atoms with Crippen molar-refractivity contribution in [3.05, 3.63) is 42.2 Å². The maximum Gasteiger partial charge on any atom is 0.238 e. The van der Waals surface area contributed by atoms with Crippen molar-refractivity contribution in [2.45, 2.75) is 18.9 Å². The van der Waals surface area contributed by atoms with E-state index in [9.17, 15) is 4.79 Å². The molecule has 7 heteroatoms. The van der Waals surface area contributed by atoms with Crippen LogP contribution >= 0.6 is 11.7 Å². The van der Waals surface area contributed by atoms with E-state index in [1.165, 1.54) is 5.69 Å². The Balaban J connectivity index is 1.48. The Bertz CT molecular complexity index is 871. The molecule has 0 radical (unpaired) electrons. The van der Waals surface area contributed by atoms with Crippen LogP contribution in [0.5, 0.6) is 0 Å². The van der Waals surface area contributed by atoms with Gasteiger partial charge in [-0.15, -0.1) is 0 Å². The van der Waals surface area contributed by atoms with Crippen LogP contribution in [0.1, 0.15) is 24.6 Å². The molecule has 1 amide bonds. The average molecular weight is 341 g/mol. The van der Waals surface area contributed by atoms with Crippen LogP contribution in [0.15, 0.2) is 36.5 Å². The van der Waals surface area contributed by atoms with Gasteiger partial charge < -0.3 is 9.88 Å². The van der Waals surface area contributed by atoms with Crippen molar-refractivity contribution in [2.75, 3.05) is 18.4 Å². The second-order valence-corrected chi connectivity index (χ2v) is 6.69. The second kappa shape index (κ2) is 6.33. The Hall–Kier alpha value is -2.25. The Morgan fingerprint density at radius 3 is 3.08 bits per heavy atom. The highest BCUT2D eigenvalue weighted by Crippen LogP contribution is 2.31. The molecule has 6 nitrogen and oxygen atoms in total. The van der Waals surface area contributed by atoms with Gasteiger partial charge in [-0.2, -0.15) is 8.75 Å². The minimum atomic E-state index is -0.00314. The fraction of sp³-hybridized carbons (Fsp3) is 0.353. The van der Waals surface area contributed by atoms with Crippen molar-refractivity contribution in [2.24, 2.45) is 7.05 Å². The first-order chi connectivity index (χ1) is 11.7. The molecular formula is C17H19N5OS. The van der Waals surface area contributed by atoms with Gasteiger partial charge in [0.05, 0.1) is 30.0 Å². The van der Waals surface area contributed by atoms with E-state index in [1.807, 2.05) is 18.2 Å². The van der Waals surface area contributed by atoms with Crippen LogP contribution in [-0.4, -0.2) is 37.2 Å². The molecule has 1 fully saturated rings. The van der Waals surface area contributed by atoms with Crippen LogP contribution in [0.3, 0.4) is 0 Å². The van der Waals surface area contributed by atoms with E-state index >= 15 is 0 Å². The summed E-state index contributed by atoms with van der Waals surface area (Å²) < 4.78 is 10.6. The van der Waals surface area contributed by atoms with Gasteiger partial charge in [0.2, 0.25) is 5.91 Å². The lowest BCUT2D eigenvalue weighted by Crippen LogP contribution is -2.33. The third-order valence-electron chi connectivity index (χ3n) is 4.60. The molecule has 2 aromatic heterocycles. The molecule has 3 heterocycles. The summed E-state index contributed by atoms with van der Waals surface area (Å²) in [5.74, 6) is -0.00314. The molecule has 1 saturated heterocycles. The lowest BCUT2D eigenvalue weighted by molar-refractivity contribution is -0.117. The molecule has 0 saturated carbocycles. The summed E-state index contributed by atoms with van der Waals surface area (Å²) in [5.41, 5.74) is 3.59. The smallest absolute Gasteiger partial charge is 0.238 e. The van der Waals surface area contributed by atoms with Crippen LogP contribution in [0, 0.1) is 0 Å². The molecule has 3 aromatic rings. The zero-order valence-electron chi connectivity index (χ0n) is 13.5. The van der Waals surface area contributed by atoms with Gasteiger partial charge in [0.1, 0.15) is 11.0 Å². The number of benzene rings is 1. The highest BCUT2D eigenvalue weighted by molar-refractivity contribution is 7.00. The highest BCUT2D eigenvalue weighted by atomic mass is 32.1. The first kappa shape index (κ1) is 15.3. The van der Waals surface area contributed by atoms with Crippen molar-refractivity contribution >= 4 is 34.4 Å². The molecule has 0 aliphatic carbocycles. The number of nitrogens with zero attached hydrogens (tertiary/aromatic N) is 4. The number of carbonyl (C=O) groups excluding carboxylic acids is 1. The van der Waals surface area contributed by atoms with Gasteiger partial charge in [0.15, 0.2) is 0 Å². The Labute approximate surface area is 144 Å². The van der Waals surface area contributed by atoms with E-state index in [-0.39, 0.29) is 5.91 Å². The van der Waals surface area contributed by atoms with E-state index in [0.717, 1.165) is 47.8 Å². The number of aryl methyl sites for hydroxylation is 1. The van der Waals surface area contributed by atoms with E-state index in [1.54, 1.807) is 0 Å². The summed E-state index contributed by atoms with van der Waals surface area (Å²) in [6.07, 6.45) is 4.27. The summed E-state index contributed by atoms with van der Waals surface area (Å²) in [7, 11) is 2.06. The third-order valence-corrected chi connectivity index (χ3v) is 5.14. The molecule has 0 bridgehead atoms. The van der Waals surface area contributed by atoms with E-state index in [0.29, 0.717) is 12.6 Å². The number of amides is 1. The van der Waals surface area contributed by atoms with Crippen LogP contribution in [0.2, 0.25) is 0 Å². The molecule has 1 unspecified atom stereocenters. The first-order valence-electron chi connectivity index (χ1n) is 8.09. The number of fused-ring (bicyclic) bond motifs is 1. The number of hydrogen-bond acceptors (Lipinski definition) is 5. The SMILES string of the molecule is Cn1cccc1C1CCCN1CC(=O)Nc1cccc2nsnc12. The number of likely N-dealkylation sites (tertiary alicyclic amines) is 1. The Morgan fingerprint density at radius 1 is 1.33 bits per heavy atom. The number of carbonyl (C=O) groups is 1. The van der Waals surface area contributed by atoms with Crippen molar-refractivity contribution in [1.82, 2.24) is 18.2 Å². The van der Waals surface area contributed by atoms with Gasteiger partial charge in [-0.3, -0.25) is 9.69 Å². The Kier molecular flexibility index (Phi) is 4.03. The molecule has 1 aliphatic heterocycles. The molecule has 1 N–H and O–H groups in total. The molecule has 4 rings (SSSR count). The van der Waals surface area contributed by atoms with Gasteiger partial charge in [0, 0.05) is 18.9 Å². The fourth-order valence-corrected chi connectivity index (χ4v) is 4.00.